The first-order valence-electron chi connectivity index (χ1n) is 4.96. The molecule has 0 aromatic heterocycles. The van der Waals surface area contributed by atoms with Gasteiger partial charge in [0.05, 0.1) is 5.02 Å². The number of nitrogens with one attached hydrogen (secondary N) is 1. The highest BCUT2D eigenvalue weighted by Gasteiger charge is 2.07. The molecule has 1 aromatic rings. The highest BCUT2D eigenvalue weighted by molar-refractivity contribution is 6.32. The first kappa shape index (κ1) is 12.3. The van der Waals surface area contributed by atoms with Gasteiger partial charge in [0, 0.05) is 6.54 Å². The maximum atomic E-state index is 12.7. The molecule has 1 aromatic carbocycles. The van der Waals surface area contributed by atoms with E-state index in [9.17, 15) is 4.39 Å². The van der Waals surface area contributed by atoms with Crippen molar-refractivity contribution in [2.24, 2.45) is 0 Å². The Hall–Kier alpha value is -0.800. The normalized spacial score (nSPS) is 12.5. The van der Waals surface area contributed by atoms with Gasteiger partial charge in [-0.2, -0.15) is 0 Å². The smallest absolute Gasteiger partial charge is 0.138 e. The molecule has 1 N–H and O–H groups in total. The molecular weight excluding hydrogens is 217 g/mol. The van der Waals surface area contributed by atoms with Crippen LogP contribution in [-0.4, -0.2) is 19.2 Å². The SMILES string of the molecule is CCNCC(C)Oc1ccc(F)cc1Cl. The maximum absolute atomic E-state index is 12.7. The van der Waals surface area contributed by atoms with Crippen LogP contribution in [-0.2, 0) is 0 Å². The fraction of sp³-hybridized carbons (Fsp3) is 0.455. The van der Waals surface area contributed by atoms with E-state index in [1.807, 2.05) is 13.8 Å². The number of ether oxygens (including phenoxy) is 1. The minimum Gasteiger partial charge on any atom is -0.488 e. The van der Waals surface area contributed by atoms with Gasteiger partial charge in [0.25, 0.3) is 0 Å². The fourth-order valence-electron chi connectivity index (χ4n) is 1.18. The van der Waals surface area contributed by atoms with Crippen molar-refractivity contribution < 1.29 is 9.13 Å². The van der Waals surface area contributed by atoms with Crippen LogP contribution in [0.25, 0.3) is 0 Å². The number of likely N-dealkylation sites (N-methyl/N-ethyl adjacent to an activating group) is 1. The van der Waals surface area contributed by atoms with Crippen molar-refractivity contribution in [2.75, 3.05) is 13.1 Å². The van der Waals surface area contributed by atoms with Crippen molar-refractivity contribution >= 4 is 11.6 Å². The Balaban J connectivity index is 2.56. The third kappa shape index (κ3) is 4.06. The summed E-state index contributed by atoms with van der Waals surface area (Å²) in [7, 11) is 0. The first-order valence-corrected chi connectivity index (χ1v) is 5.33. The molecule has 0 radical (unpaired) electrons. The van der Waals surface area contributed by atoms with E-state index in [2.05, 4.69) is 5.32 Å². The summed E-state index contributed by atoms with van der Waals surface area (Å²) in [6.07, 6.45) is 0.00733. The van der Waals surface area contributed by atoms with Crippen LogP contribution in [0.15, 0.2) is 18.2 Å². The van der Waals surface area contributed by atoms with Crippen molar-refractivity contribution in [1.29, 1.82) is 0 Å². The molecule has 0 bridgehead atoms. The molecule has 0 fully saturated rings. The van der Waals surface area contributed by atoms with Crippen LogP contribution in [0.2, 0.25) is 5.02 Å². The second kappa shape index (κ2) is 5.93. The fourth-order valence-corrected chi connectivity index (χ4v) is 1.39. The van der Waals surface area contributed by atoms with Crippen molar-refractivity contribution in [3.05, 3.63) is 29.0 Å². The first-order chi connectivity index (χ1) is 7.13. The molecule has 84 valence electrons. The van der Waals surface area contributed by atoms with Crippen LogP contribution in [0.5, 0.6) is 5.75 Å². The highest BCUT2D eigenvalue weighted by atomic mass is 35.5. The summed E-state index contributed by atoms with van der Waals surface area (Å²) in [5.74, 6) is 0.162. The molecule has 15 heavy (non-hydrogen) atoms. The van der Waals surface area contributed by atoms with E-state index in [1.165, 1.54) is 12.1 Å². The Morgan fingerprint density at radius 3 is 2.87 bits per heavy atom. The largest absolute Gasteiger partial charge is 0.488 e. The van der Waals surface area contributed by atoms with E-state index < -0.39 is 0 Å². The minimum atomic E-state index is -0.355. The quantitative estimate of drug-likeness (QED) is 0.842. The zero-order valence-corrected chi connectivity index (χ0v) is 9.64. The molecule has 2 nitrogen and oxygen atoms in total. The molecule has 0 spiro atoms. The average molecular weight is 232 g/mol. The second-order valence-electron chi connectivity index (χ2n) is 3.31. The second-order valence-corrected chi connectivity index (χ2v) is 3.72. The molecule has 0 saturated carbocycles. The van der Waals surface area contributed by atoms with Crippen molar-refractivity contribution in [1.82, 2.24) is 5.32 Å². The van der Waals surface area contributed by atoms with Crippen molar-refractivity contribution in [3.8, 4) is 5.75 Å². The standard InChI is InChI=1S/C11H15ClFNO/c1-3-14-7-8(2)15-11-5-4-9(13)6-10(11)12/h4-6,8,14H,3,7H2,1-2H3. The monoisotopic (exact) mass is 231 g/mol. The number of hydrogen-bond donors (Lipinski definition) is 1. The molecule has 1 unspecified atom stereocenters. The number of benzene rings is 1. The van der Waals surface area contributed by atoms with E-state index in [4.69, 9.17) is 16.3 Å². The van der Waals surface area contributed by atoms with Crippen LogP contribution in [0.1, 0.15) is 13.8 Å². The van der Waals surface area contributed by atoms with Crippen LogP contribution in [0.4, 0.5) is 4.39 Å². The summed E-state index contributed by atoms with van der Waals surface area (Å²) in [6, 6.07) is 4.12. The summed E-state index contributed by atoms with van der Waals surface area (Å²) < 4.78 is 18.3. The Morgan fingerprint density at radius 1 is 1.53 bits per heavy atom. The summed E-state index contributed by atoms with van der Waals surface area (Å²) in [5.41, 5.74) is 0. The lowest BCUT2D eigenvalue weighted by atomic mass is 10.3. The van der Waals surface area contributed by atoms with Crippen LogP contribution < -0.4 is 10.1 Å². The van der Waals surface area contributed by atoms with Crippen LogP contribution in [0, 0.1) is 5.82 Å². The number of halogens is 2. The third-order valence-corrected chi connectivity index (χ3v) is 2.20. The van der Waals surface area contributed by atoms with E-state index in [-0.39, 0.29) is 11.9 Å². The minimum absolute atomic E-state index is 0.00733. The summed E-state index contributed by atoms with van der Waals surface area (Å²) in [6.45, 7) is 5.59. The molecule has 0 amide bonds. The van der Waals surface area contributed by atoms with E-state index >= 15 is 0 Å². The summed E-state index contributed by atoms with van der Waals surface area (Å²) in [4.78, 5) is 0. The Labute approximate surface area is 94.4 Å². The zero-order chi connectivity index (χ0) is 11.3. The predicted molar refractivity (Wildman–Crippen MR) is 60.0 cm³/mol. The molecule has 0 saturated heterocycles. The van der Waals surface area contributed by atoms with Gasteiger partial charge in [-0.05, 0) is 31.7 Å². The summed E-state index contributed by atoms with van der Waals surface area (Å²) >= 11 is 5.82. The van der Waals surface area contributed by atoms with Crippen LogP contribution >= 0.6 is 11.6 Å². The lowest BCUT2D eigenvalue weighted by molar-refractivity contribution is 0.218. The third-order valence-electron chi connectivity index (χ3n) is 1.90. The molecule has 1 atom stereocenters. The molecule has 0 aliphatic carbocycles. The maximum Gasteiger partial charge on any atom is 0.138 e. The van der Waals surface area contributed by atoms with Gasteiger partial charge >= 0.3 is 0 Å². The van der Waals surface area contributed by atoms with Gasteiger partial charge in [-0.25, -0.2) is 4.39 Å². The van der Waals surface area contributed by atoms with Gasteiger partial charge in [-0.15, -0.1) is 0 Å². The average Bonchev–Trinajstić information content (AvgIpc) is 2.19. The van der Waals surface area contributed by atoms with Crippen molar-refractivity contribution in [3.63, 3.8) is 0 Å². The van der Waals surface area contributed by atoms with Gasteiger partial charge in [0.15, 0.2) is 0 Å². The highest BCUT2D eigenvalue weighted by Crippen LogP contribution is 2.25. The van der Waals surface area contributed by atoms with E-state index in [0.717, 1.165) is 13.1 Å². The number of hydrogen-bond acceptors (Lipinski definition) is 2. The Kier molecular flexibility index (Phi) is 4.85. The van der Waals surface area contributed by atoms with Gasteiger partial charge in [-0.1, -0.05) is 18.5 Å². The van der Waals surface area contributed by atoms with E-state index in [1.54, 1.807) is 6.07 Å². The lowest BCUT2D eigenvalue weighted by Gasteiger charge is -2.15. The Morgan fingerprint density at radius 2 is 2.27 bits per heavy atom. The number of rotatable bonds is 5. The molecular formula is C11H15ClFNO. The summed E-state index contributed by atoms with van der Waals surface area (Å²) in [5, 5.41) is 3.46. The van der Waals surface area contributed by atoms with Gasteiger partial charge < -0.3 is 10.1 Å². The zero-order valence-electron chi connectivity index (χ0n) is 8.89. The van der Waals surface area contributed by atoms with Gasteiger partial charge in [-0.3, -0.25) is 0 Å². The van der Waals surface area contributed by atoms with Gasteiger partial charge in [0.1, 0.15) is 17.7 Å². The lowest BCUT2D eigenvalue weighted by Crippen LogP contribution is -2.28. The molecule has 4 heteroatoms. The molecule has 0 heterocycles. The topological polar surface area (TPSA) is 21.3 Å². The van der Waals surface area contributed by atoms with E-state index in [0.29, 0.717) is 10.8 Å². The Bertz CT molecular complexity index is 319. The molecule has 1 rings (SSSR count). The predicted octanol–water partition coefficient (Wildman–Crippen LogP) is 2.86. The van der Waals surface area contributed by atoms with Crippen molar-refractivity contribution in [2.45, 2.75) is 20.0 Å². The van der Waals surface area contributed by atoms with Crippen LogP contribution in [0.3, 0.4) is 0 Å². The molecule has 0 aliphatic heterocycles. The molecule has 0 aliphatic rings. The van der Waals surface area contributed by atoms with Gasteiger partial charge in [0.2, 0.25) is 0 Å².